The van der Waals surface area contributed by atoms with Crippen molar-refractivity contribution in [2.75, 3.05) is 19.0 Å². The molecule has 1 heterocycles. The molecule has 8 heteroatoms. The highest BCUT2D eigenvalue weighted by molar-refractivity contribution is 5.82. The first-order valence-electron chi connectivity index (χ1n) is 4.67. The predicted molar refractivity (Wildman–Crippen MR) is 54.7 cm³/mol. The third-order valence-corrected chi connectivity index (χ3v) is 1.63. The maximum Gasteiger partial charge on any atom is 0.412 e. The van der Waals surface area contributed by atoms with Crippen LogP contribution in [0.15, 0.2) is 6.20 Å². The summed E-state index contributed by atoms with van der Waals surface area (Å²) in [6, 6.07) is 0. The lowest BCUT2D eigenvalue weighted by atomic mass is 10.5. The lowest BCUT2D eigenvalue weighted by molar-refractivity contribution is -0.121. The summed E-state index contributed by atoms with van der Waals surface area (Å²) in [5.41, 5.74) is 0. The Labute approximate surface area is 92.0 Å². The highest BCUT2D eigenvalue weighted by atomic mass is 16.5. The van der Waals surface area contributed by atoms with Gasteiger partial charge in [-0.25, -0.2) is 9.48 Å². The van der Waals surface area contributed by atoms with Gasteiger partial charge in [0.05, 0.1) is 13.3 Å². The number of hydrogen-bond donors (Lipinski definition) is 2. The van der Waals surface area contributed by atoms with E-state index in [9.17, 15) is 9.59 Å². The second kappa shape index (κ2) is 5.69. The third kappa shape index (κ3) is 3.56. The summed E-state index contributed by atoms with van der Waals surface area (Å²) < 4.78 is 5.69. The fourth-order valence-electron chi connectivity index (χ4n) is 0.989. The van der Waals surface area contributed by atoms with Gasteiger partial charge in [0.2, 0.25) is 5.91 Å². The van der Waals surface area contributed by atoms with Crippen molar-refractivity contribution < 1.29 is 14.3 Å². The van der Waals surface area contributed by atoms with E-state index in [0.29, 0.717) is 6.54 Å². The Kier molecular flexibility index (Phi) is 4.25. The number of rotatable bonds is 4. The molecule has 0 unspecified atom stereocenters. The van der Waals surface area contributed by atoms with Crippen LogP contribution in [0.4, 0.5) is 10.6 Å². The summed E-state index contributed by atoms with van der Waals surface area (Å²) in [4.78, 5) is 22.0. The second-order valence-electron chi connectivity index (χ2n) is 2.87. The van der Waals surface area contributed by atoms with Crippen molar-refractivity contribution >= 4 is 17.8 Å². The Morgan fingerprint density at radius 1 is 1.56 bits per heavy atom. The minimum atomic E-state index is -0.634. The highest BCUT2D eigenvalue weighted by Crippen LogP contribution is 1.99. The molecule has 0 fully saturated rings. The summed E-state index contributed by atoms with van der Waals surface area (Å²) in [6.07, 6.45) is 0.802. The van der Waals surface area contributed by atoms with E-state index >= 15 is 0 Å². The molecule has 0 atom stereocenters. The molecule has 16 heavy (non-hydrogen) atoms. The van der Waals surface area contributed by atoms with Crippen LogP contribution in [0.1, 0.15) is 6.92 Å². The number of nitrogens with one attached hydrogen (secondary N) is 2. The van der Waals surface area contributed by atoms with Crippen LogP contribution in [-0.2, 0) is 16.1 Å². The lowest BCUT2D eigenvalue weighted by Gasteiger charge is -2.00. The van der Waals surface area contributed by atoms with Gasteiger partial charge in [0.15, 0.2) is 5.82 Å². The van der Waals surface area contributed by atoms with Gasteiger partial charge in [-0.05, 0) is 6.92 Å². The Hall–Kier alpha value is -2.12. The van der Waals surface area contributed by atoms with E-state index in [2.05, 4.69) is 25.7 Å². The lowest BCUT2D eigenvalue weighted by Crippen LogP contribution is -2.27. The van der Waals surface area contributed by atoms with Crippen molar-refractivity contribution in [1.82, 2.24) is 20.3 Å². The largest absolute Gasteiger partial charge is 0.453 e. The SMILES string of the molecule is CCNC(=O)Cn1cc(NC(=O)OC)nn1. The number of aromatic nitrogens is 3. The number of methoxy groups -OCH3 is 1. The molecule has 0 bridgehead atoms. The summed E-state index contributed by atoms with van der Waals surface area (Å²) >= 11 is 0. The van der Waals surface area contributed by atoms with E-state index in [1.807, 2.05) is 6.92 Å². The fourth-order valence-corrected chi connectivity index (χ4v) is 0.989. The van der Waals surface area contributed by atoms with Crippen LogP contribution in [-0.4, -0.2) is 40.6 Å². The van der Waals surface area contributed by atoms with Crippen LogP contribution in [0.3, 0.4) is 0 Å². The molecular formula is C8H13N5O3. The third-order valence-electron chi connectivity index (χ3n) is 1.63. The van der Waals surface area contributed by atoms with Crippen LogP contribution < -0.4 is 10.6 Å². The normalized spacial score (nSPS) is 9.62. The van der Waals surface area contributed by atoms with Gasteiger partial charge in [-0.2, -0.15) is 0 Å². The van der Waals surface area contributed by atoms with Crippen molar-refractivity contribution in [3.05, 3.63) is 6.20 Å². The van der Waals surface area contributed by atoms with Crippen LogP contribution in [0.2, 0.25) is 0 Å². The average molecular weight is 227 g/mol. The molecule has 1 rings (SSSR count). The second-order valence-corrected chi connectivity index (χ2v) is 2.87. The molecule has 0 aliphatic heterocycles. The zero-order valence-electron chi connectivity index (χ0n) is 9.06. The van der Waals surface area contributed by atoms with E-state index in [4.69, 9.17) is 0 Å². The van der Waals surface area contributed by atoms with Crippen molar-refractivity contribution in [2.45, 2.75) is 13.5 Å². The number of likely N-dealkylation sites (N-methyl/N-ethyl adjacent to an activating group) is 1. The molecule has 1 aromatic heterocycles. The van der Waals surface area contributed by atoms with Gasteiger partial charge in [-0.15, -0.1) is 5.10 Å². The zero-order chi connectivity index (χ0) is 12.0. The van der Waals surface area contributed by atoms with Crippen LogP contribution in [0.25, 0.3) is 0 Å². The monoisotopic (exact) mass is 227 g/mol. The first-order valence-corrected chi connectivity index (χ1v) is 4.67. The van der Waals surface area contributed by atoms with E-state index < -0.39 is 6.09 Å². The fraction of sp³-hybridized carbons (Fsp3) is 0.500. The summed E-state index contributed by atoms with van der Waals surface area (Å²) in [6.45, 7) is 2.44. The van der Waals surface area contributed by atoms with Crippen molar-refractivity contribution in [3.63, 3.8) is 0 Å². The number of anilines is 1. The number of nitrogens with zero attached hydrogens (tertiary/aromatic N) is 3. The summed E-state index contributed by atoms with van der Waals surface area (Å²) in [5, 5.41) is 12.2. The van der Waals surface area contributed by atoms with Crippen LogP contribution >= 0.6 is 0 Å². The average Bonchev–Trinajstić information content (AvgIpc) is 2.65. The first-order chi connectivity index (χ1) is 7.65. The quantitative estimate of drug-likeness (QED) is 0.728. The van der Waals surface area contributed by atoms with Gasteiger partial charge < -0.3 is 10.1 Å². The topological polar surface area (TPSA) is 98.1 Å². The smallest absolute Gasteiger partial charge is 0.412 e. The summed E-state index contributed by atoms with van der Waals surface area (Å²) in [7, 11) is 1.24. The molecule has 0 spiro atoms. The number of amides is 2. The van der Waals surface area contributed by atoms with Gasteiger partial charge in [0, 0.05) is 6.54 Å². The Morgan fingerprint density at radius 2 is 2.31 bits per heavy atom. The van der Waals surface area contributed by atoms with Crippen LogP contribution in [0.5, 0.6) is 0 Å². The van der Waals surface area contributed by atoms with Gasteiger partial charge >= 0.3 is 6.09 Å². The van der Waals surface area contributed by atoms with E-state index in [0.717, 1.165) is 0 Å². The highest BCUT2D eigenvalue weighted by Gasteiger charge is 2.07. The molecule has 2 amide bonds. The Morgan fingerprint density at radius 3 is 2.94 bits per heavy atom. The van der Waals surface area contributed by atoms with E-state index in [1.165, 1.54) is 18.0 Å². The molecule has 2 N–H and O–H groups in total. The molecule has 0 radical (unpaired) electrons. The van der Waals surface area contributed by atoms with Crippen molar-refractivity contribution in [2.24, 2.45) is 0 Å². The maximum atomic E-state index is 11.2. The van der Waals surface area contributed by atoms with Gasteiger partial charge in [0.1, 0.15) is 6.54 Å². The minimum Gasteiger partial charge on any atom is -0.453 e. The molecule has 88 valence electrons. The van der Waals surface area contributed by atoms with E-state index in [-0.39, 0.29) is 18.3 Å². The van der Waals surface area contributed by atoms with Crippen molar-refractivity contribution in [1.29, 1.82) is 0 Å². The van der Waals surface area contributed by atoms with Gasteiger partial charge in [-0.1, -0.05) is 5.21 Å². The molecule has 0 aromatic carbocycles. The molecule has 8 nitrogen and oxygen atoms in total. The molecule has 0 saturated heterocycles. The van der Waals surface area contributed by atoms with Gasteiger partial charge in [0.25, 0.3) is 0 Å². The minimum absolute atomic E-state index is 0.0592. The number of ether oxygens (including phenoxy) is 1. The zero-order valence-corrected chi connectivity index (χ0v) is 9.06. The maximum absolute atomic E-state index is 11.2. The Balaban J connectivity index is 2.51. The molecule has 0 aliphatic carbocycles. The molecular weight excluding hydrogens is 214 g/mol. The van der Waals surface area contributed by atoms with Gasteiger partial charge in [-0.3, -0.25) is 10.1 Å². The Bertz CT molecular complexity index is 376. The number of hydrogen-bond acceptors (Lipinski definition) is 5. The number of carbonyl (C=O) groups excluding carboxylic acids is 2. The standard InChI is InChI=1S/C8H13N5O3/c1-3-9-7(14)5-13-4-6(11-12-13)10-8(15)16-2/h4H,3,5H2,1-2H3,(H,9,14)(H,10,15). The first kappa shape index (κ1) is 12.0. The van der Waals surface area contributed by atoms with Crippen molar-refractivity contribution in [3.8, 4) is 0 Å². The number of carbonyl (C=O) groups is 2. The molecule has 0 saturated carbocycles. The predicted octanol–water partition coefficient (Wildman–Crippen LogP) is -0.408. The van der Waals surface area contributed by atoms with Crippen LogP contribution in [0, 0.1) is 0 Å². The molecule has 0 aliphatic rings. The van der Waals surface area contributed by atoms with E-state index in [1.54, 1.807) is 0 Å². The summed E-state index contributed by atoms with van der Waals surface area (Å²) in [5.74, 6) is 0.0631. The molecule has 1 aromatic rings.